The van der Waals surface area contributed by atoms with Gasteiger partial charge in [0.2, 0.25) is 0 Å². The van der Waals surface area contributed by atoms with Crippen LogP contribution in [0.4, 0.5) is 15.8 Å². The van der Waals surface area contributed by atoms with Crippen molar-refractivity contribution >= 4 is 11.4 Å². The van der Waals surface area contributed by atoms with Gasteiger partial charge in [0.1, 0.15) is 5.82 Å². The molecule has 1 fully saturated rings. The van der Waals surface area contributed by atoms with Crippen molar-refractivity contribution in [1.82, 2.24) is 0 Å². The summed E-state index contributed by atoms with van der Waals surface area (Å²) in [7, 11) is 0. The van der Waals surface area contributed by atoms with Gasteiger partial charge in [-0.05, 0) is 43.4 Å². The van der Waals surface area contributed by atoms with Crippen molar-refractivity contribution in [1.29, 1.82) is 0 Å². The summed E-state index contributed by atoms with van der Waals surface area (Å²) in [6.07, 6.45) is 7.72. The molecule has 0 spiro atoms. The molecule has 3 heteroatoms. The van der Waals surface area contributed by atoms with E-state index in [0.29, 0.717) is 11.7 Å². The van der Waals surface area contributed by atoms with Crippen molar-refractivity contribution in [2.75, 3.05) is 11.1 Å². The van der Waals surface area contributed by atoms with Crippen molar-refractivity contribution in [2.45, 2.75) is 51.5 Å². The van der Waals surface area contributed by atoms with Crippen molar-refractivity contribution in [3.8, 4) is 0 Å². The van der Waals surface area contributed by atoms with Crippen LogP contribution in [0.3, 0.4) is 0 Å². The zero-order valence-electron chi connectivity index (χ0n) is 11.1. The smallest absolute Gasteiger partial charge is 0.125 e. The summed E-state index contributed by atoms with van der Waals surface area (Å²) < 4.78 is 13.0. The van der Waals surface area contributed by atoms with E-state index in [1.54, 1.807) is 6.07 Å². The predicted octanol–water partition coefficient (Wildman–Crippen LogP) is 4.18. The van der Waals surface area contributed by atoms with Crippen molar-refractivity contribution in [3.05, 3.63) is 24.0 Å². The van der Waals surface area contributed by atoms with Crippen molar-refractivity contribution in [3.63, 3.8) is 0 Å². The lowest BCUT2D eigenvalue weighted by Gasteiger charge is -2.31. The second kappa shape index (κ2) is 6.07. The summed E-state index contributed by atoms with van der Waals surface area (Å²) in [5, 5.41) is 3.50. The summed E-state index contributed by atoms with van der Waals surface area (Å²) in [4.78, 5) is 0. The largest absolute Gasteiger partial charge is 0.397 e. The normalized spacial score (nSPS) is 18.6. The molecule has 0 radical (unpaired) electrons. The first-order valence-electron chi connectivity index (χ1n) is 7.02. The molecule has 1 aliphatic rings. The van der Waals surface area contributed by atoms with Crippen LogP contribution in [0.2, 0.25) is 0 Å². The molecule has 0 heterocycles. The molecule has 1 aliphatic carbocycles. The molecular weight excluding hydrogens is 227 g/mol. The molecule has 0 amide bonds. The van der Waals surface area contributed by atoms with Crippen LogP contribution in [-0.4, -0.2) is 6.04 Å². The molecule has 3 N–H and O–H groups in total. The van der Waals surface area contributed by atoms with Crippen LogP contribution < -0.4 is 11.1 Å². The fourth-order valence-corrected chi connectivity index (χ4v) is 2.95. The third kappa shape index (κ3) is 3.15. The monoisotopic (exact) mass is 250 g/mol. The summed E-state index contributed by atoms with van der Waals surface area (Å²) in [5.74, 6) is 0.456. The highest BCUT2D eigenvalue weighted by Gasteiger charge is 2.22. The molecule has 2 nitrogen and oxygen atoms in total. The van der Waals surface area contributed by atoms with E-state index in [1.165, 1.54) is 44.2 Å². The van der Waals surface area contributed by atoms with Crippen LogP contribution in [-0.2, 0) is 0 Å². The Morgan fingerprint density at radius 3 is 2.67 bits per heavy atom. The van der Waals surface area contributed by atoms with Gasteiger partial charge in [-0.3, -0.25) is 0 Å². The number of hydrogen-bond donors (Lipinski definition) is 2. The average molecular weight is 250 g/mol. The zero-order chi connectivity index (χ0) is 13.0. The number of hydrogen-bond acceptors (Lipinski definition) is 2. The van der Waals surface area contributed by atoms with E-state index >= 15 is 0 Å². The van der Waals surface area contributed by atoms with E-state index in [4.69, 9.17) is 5.73 Å². The number of benzene rings is 1. The highest BCUT2D eigenvalue weighted by atomic mass is 19.1. The first kappa shape index (κ1) is 13.2. The molecule has 1 unspecified atom stereocenters. The standard InChI is InChI=1S/C15H23FN2/c1-2-14(11-6-4-3-5-7-11)18-15-9-8-12(16)10-13(15)17/h8-11,14,18H,2-7,17H2,1H3. The first-order chi connectivity index (χ1) is 8.70. The Bertz CT molecular complexity index is 386. The third-order valence-corrected chi connectivity index (χ3v) is 4.01. The average Bonchev–Trinajstić information content (AvgIpc) is 2.39. The van der Waals surface area contributed by atoms with Gasteiger partial charge in [0.05, 0.1) is 11.4 Å². The number of nitrogens with two attached hydrogens (primary N) is 1. The molecule has 0 bridgehead atoms. The summed E-state index contributed by atoms with van der Waals surface area (Å²) in [5.41, 5.74) is 7.22. The van der Waals surface area contributed by atoms with Crippen LogP contribution in [0, 0.1) is 11.7 Å². The quantitative estimate of drug-likeness (QED) is 0.787. The third-order valence-electron chi connectivity index (χ3n) is 4.01. The van der Waals surface area contributed by atoms with Crippen LogP contribution in [0.25, 0.3) is 0 Å². The molecule has 18 heavy (non-hydrogen) atoms. The highest BCUT2D eigenvalue weighted by Crippen LogP contribution is 2.31. The van der Waals surface area contributed by atoms with Gasteiger partial charge in [-0.1, -0.05) is 26.2 Å². The van der Waals surface area contributed by atoms with E-state index in [0.717, 1.165) is 18.0 Å². The SMILES string of the molecule is CCC(Nc1ccc(F)cc1N)C1CCCCC1. The fraction of sp³-hybridized carbons (Fsp3) is 0.600. The van der Waals surface area contributed by atoms with Gasteiger partial charge >= 0.3 is 0 Å². The van der Waals surface area contributed by atoms with Crippen molar-refractivity contribution in [2.24, 2.45) is 5.92 Å². The number of nitrogen functional groups attached to an aromatic ring is 1. The Hall–Kier alpha value is -1.25. The number of nitrogens with one attached hydrogen (secondary N) is 1. The van der Waals surface area contributed by atoms with Crippen LogP contribution in [0.5, 0.6) is 0 Å². The fourth-order valence-electron chi connectivity index (χ4n) is 2.95. The molecule has 0 aliphatic heterocycles. The molecule has 1 aromatic carbocycles. The molecule has 1 aromatic rings. The molecule has 0 saturated heterocycles. The second-order valence-corrected chi connectivity index (χ2v) is 5.29. The van der Waals surface area contributed by atoms with Gasteiger partial charge in [0, 0.05) is 6.04 Å². The minimum Gasteiger partial charge on any atom is -0.397 e. The van der Waals surface area contributed by atoms with Gasteiger partial charge in [-0.25, -0.2) is 4.39 Å². The maximum Gasteiger partial charge on any atom is 0.125 e. The molecule has 0 aromatic heterocycles. The summed E-state index contributed by atoms with van der Waals surface area (Å²) in [6, 6.07) is 5.05. The molecular formula is C15H23FN2. The predicted molar refractivity (Wildman–Crippen MR) is 75.1 cm³/mol. The Labute approximate surface area is 109 Å². The topological polar surface area (TPSA) is 38.0 Å². The van der Waals surface area contributed by atoms with Gasteiger partial charge in [-0.15, -0.1) is 0 Å². The molecule has 1 atom stereocenters. The summed E-state index contributed by atoms with van der Waals surface area (Å²) in [6.45, 7) is 2.20. The molecule has 2 rings (SSSR count). The number of rotatable bonds is 4. The highest BCUT2D eigenvalue weighted by molar-refractivity contribution is 5.66. The lowest BCUT2D eigenvalue weighted by Crippen LogP contribution is -2.30. The lowest BCUT2D eigenvalue weighted by molar-refractivity contribution is 0.313. The van der Waals surface area contributed by atoms with E-state index in [9.17, 15) is 4.39 Å². The Morgan fingerprint density at radius 2 is 2.06 bits per heavy atom. The van der Waals surface area contributed by atoms with E-state index in [2.05, 4.69) is 12.2 Å². The number of anilines is 2. The molecule has 100 valence electrons. The van der Waals surface area contributed by atoms with E-state index in [1.807, 2.05) is 0 Å². The van der Waals surface area contributed by atoms with E-state index < -0.39 is 0 Å². The Balaban J connectivity index is 2.04. The minimum atomic E-state index is -0.274. The first-order valence-corrected chi connectivity index (χ1v) is 7.02. The van der Waals surface area contributed by atoms with Gasteiger partial charge < -0.3 is 11.1 Å². The van der Waals surface area contributed by atoms with E-state index in [-0.39, 0.29) is 5.82 Å². The molecule has 1 saturated carbocycles. The van der Waals surface area contributed by atoms with Crippen LogP contribution >= 0.6 is 0 Å². The lowest BCUT2D eigenvalue weighted by atomic mass is 9.83. The van der Waals surface area contributed by atoms with Gasteiger partial charge in [0.15, 0.2) is 0 Å². The Kier molecular flexibility index (Phi) is 4.45. The number of halogens is 1. The second-order valence-electron chi connectivity index (χ2n) is 5.29. The maximum absolute atomic E-state index is 13.0. The zero-order valence-corrected chi connectivity index (χ0v) is 11.1. The van der Waals surface area contributed by atoms with Crippen LogP contribution in [0.1, 0.15) is 45.4 Å². The van der Waals surface area contributed by atoms with Crippen molar-refractivity contribution < 1.29 is 4.39 Å². The minimum absolute atomic E-state index is 0.274. The summed E-state index contributed by atoms with van der Waals surface area (Å²) >= 11 is 0. The van der Waals surface area contributed by atoms with Gasteiger partial charge in [0.25, 0.3) is 0 Å². The maximum atomic E-state index is 13.0. The van der Waals surface area contributed by atoms with Gasteiger partial charge in [-0.2, -0.15) is 0 Å². The van der Waals surface area contributed by atoms with Crippen LogP contribution in [0.15, 0.2) is 18.2 Å². The Morgan fingerprint density at radius 1 is 1.33 bits per heavy atom.